The number of hydrogen-bond acceptors (Lipinski definition) is 7. The van der Waals surface area contributed by atoms with Crippen molar-refractivity contribution in [1.82, 2.24) is 5.27 Å². The molecule has 0 aliphatic carbocycles. The lowest BCUT2D eigenvalue weighted by molar-refractivity contribution is -0.705. The summed E-state index contributed by atoms with van der Waals surface area (Å²) in [5.41, 5.74) is 1.73. The average Bonchev–Trinajstić information content (AvgIpc) is 3.07. The molecule has 2 aromatic carbocycles. The molecule has 0 aliphatic heterocycles. The molecule has 0 saturated heterocycles. The number of ether oxygens (including phenoxy) is 1. The summed E-state index contributed by atoms with van der Waals surface area (Å²) in [5.74, 6) is -0.324. The van der Waals surface area contributed by atoms with E-state index < -0.39 is 5.95 Å². The molecule has 3 rings (SSSR count). The molecule has 1 amide bonds. The summed E-state index contributed by atoms with van der Waals surface area (Å²) in [4.78, 5) is 23.5. The molecule has 0 bridgehead atoms. The molecule has 0 atom stereocenters. The van der Waals surface area contributed by atoms with Crippen LogP contribution >= 0.6 is 11.8 Å². The van der Waals surface area contributed by atoms with Gasteiger partial charge in [0.05, 0.1) is 18.1 Å². The number of anilines is 1. The van der Waals surface area contributed by atoms with Gasteiger partial charge in [0.25, 0.3) is 5.03 Å². The van der Waals surface area contributed by atoms with E-state index in [0.717, 1.165) is 11.8 Å². The van der Waals surface area contributed by atoms with E-state index in [0.29, 0.717) is 22.7 Å². The van der Waals surface area contributed by atoms with Crippen molar-refractivity contribution < 1.29 is 28.6 Å². The number of benzene rings is 2. The summed E-state index contributed by atoms with van der Waals surface area (Å²) in [6.07, 6.45) is 0. The molecule has 28 heavy (non-hydrogen) atoms. The highest BCUT2D eigenvalue weighted by Crippen LogP contribution is 2.24. The Morgan fingerprint density at radius 2 is 1.86 bits per heavy atom. The summed E-state index contributed by atoms with van der Waals surface area (Å²) in [6.45, 7) is 1.47. The predicted molar refractivity (Wildman–Crippen MR) is 99.8 cm³/mol. The summed E-state index contributed by atoms with van der Waals surface area (Å²) in [6, 6.07) is 13.5. The largest absolute Gasteiger partial charge is 0.538 e. The first-order valence-corrected chi connectivity index (χ1v) is 9.23. The molecule has 144 valence electrons. The Morgan fingerprint density at radius 1 is 1.18 bits per heavy atom. The van der Waals surface area contributed by atoms with E-state index in [1.807, 2.05) is 0 Å². The molecule has 0 spiro atoms. The van der Waals surface area contributed by atoms with Crippen LogP contribution in [-0.2, 0) is 4.79 Å². The number of nitrogens with zero attached hydrogens (tertiary/aromatic N) is 2. The van der Waals surface area contributed by atoms with Gasteiger partial charge in [-0.15, -0.1) is 0 Å². The van der Waals surface area contributed by atoms with Crippen LogP contribution in [0, 0.1) is 0 Å². The highest BCUT2D eigenvalue weighted by atomic mass is 32.2. The molecule has 9 heteroatoms. The number of nitrogens with one attached hydrogen (secondary N) is 1. The zero-order chi connectivity index (χ0) is 20.1. The molecule has 0 radical (unpaired) electrons. The monoisotopic (exact) mass is 399 g/mol. The van der Waals surface area contributed by atoms with E-state index in [1.165, 1.54) is 11.6 Å². The zero-order valence-corrected chi connectivity index (χ0v) is 16.0. The number of methoxy groups -OCH3 is 1. The second-order valence-electron chi connectivity index (χ2n) is 5.75. The maximum Gasteiger partial charge on any atom is 0.298 e. The van der Waals surface area contributed by atoms with Crippen molar-refractivity contribution in [2.45, 2.75) is 11.9 Å². The fourth-order valence-corrected chi connectivity index (χ4v) is 3.12. The van der Waals surface area contributed by atoms with Crippen molar-refractivity contribution in [1.29, 1.82) is 0 Å². The van der Waals surface area contributed by atoms with Crippen molar-refractivity contribution in [3.05, 3.63) is 54.1 Å². The van der Waals surface area contributed by atoms with Crippen LogP contribution in [0.5, 0.6) is 11.7 Å². The van der Waals surface area contributed by atoms with Gasteiger partial charge in [-0.3, -0.25) is 9.59 Å². The highest BCUT2D eigenvalue weighted by molar-refractivity contribution is 7.99. The van der Waals surface area contributed by atoms with Crippen LogP contribution in [0.4, 0.5) is 5.69 Å². The number of thioether (sulfide) groups is 1. The quantitative estimate of drug-likeness (QED) is 0.367. The number of carbonyl (C=O) groups excluding carboxylic acids is 2. The Morgan fingerprint density at radius 3 is 2.46 bits per heavy atom. The smallest absolute Gasteiger partial charge is 0.298 e. The molecule has 0 unspecified atom stereocenters. The SMILES string of the molecule is COc1ccc(-[n+]2noc([O-])c2SCC(=O)Nc2ccc(C(C)=O)cc2)cc1. The molecular weight excluding hydrogens is 382 g/mol. The topological polar surface area (TPSA) is 108 Å². The minimum absolute atomic E-state index is 0.0128. The standard InChI is InChI=1S/C19H17N3O5S/c1-12(23)13-3-5-14(6-4-13)20-17(24)11-28-18-19(25)27-21-22(18)15-7-9-16(26-2)10-8-15/h3-10H,11H2,1-2H3,(H-,20,21,23,24,25). The van der Waals surface area contributed by atoms with Crippen LogP contribution in [0.25, 0.3) is 5.69 Å². The molecular formula is C19H17N3O5S. The van der Waals surface area contributed by atoms with Crippen LogP contribution in [0.15, 0.2) is 58.1 Å². The molecule has 0 saturated carbocycles. The molecule has 0 aliphatic rings. The summed E-state index contributed by atoms with van der Waals surface area (Å²) < 4.78 is 11.2. The Balaban J connectivity index is 1.66. The van der Waals surface area contributed by atoms with Crippen LogP contribution in [0.1, 0.15) is 17.3 Å². The Hall–Kier alpha value is -3.33. The number of rotatable bonds is 7. The summed E-state index contributed by atoms with van der Waals surface area (Å²) in [5, 5.41) is 18.6. The van der Waals surface area contributed by atoms with Gasteiger partial charge in [-0.05, 0) is 59.8 Å². The van der Waals surface area contributed by atoms with E-state index >= 15 is 0 Å². The summed E-state index contributed by atoms with van der Waals surface area (Å²) in [7, 11) is 1.56. The van der Waals surface area contributed by atoms with Gasteiger partial charge in [-0.25, -0.2) is 0 Å². The Bertz CT molecular complexity index is 984. The minimum Gasteiger partial charge on any atom is -0.538 e. The predicted octanol–water partition coefficient (Wildman–Crippen LogP) is 1.97. The Kier molecular flexibility index (Phi) is 5.95. The van der Waals surface area contributed by atoms with Gasteiger partial charge in [-0.2, -0.15) is 0 Å². The van der Waals surface area contributed by atoms with Gasteiger partial charge in [0.2, 0.25) is 11.6 Å². The second-order valence-corrected chi connectivity index (χ2v) is 6.71. The van der Waals surface area contributed by atoms with Crippen molar-refractivity contribution >= 4 is 29.1 Å². The van der Waals surface area contributed by atoms with E-state index in [1.54, 1.807) is 55.6 Å². The first kappa shape index (κ1) is 19.4. The van der Waals surface area contributed by atoms with Gasteiger partial charge < -0.3 is 19.7 Å². The van der Waals surface area contributed by atoms with Crippen molar-refractivity contribution in [3.8, 4) is 17.4 Å². The lowest BCUT2D eigenvalue weighted by Crippen LogP contribution is -2.35. The normalized spacial score (nSPS) is 10.5. The van der Waals surface area contributed by atoms with Crippen molar-refractivity contribution in [2.24, 2.45) is 0 Å². The second kappa shape index (κ2) is 8.57. The van der Waals surface area contributed by atoms with E-state index in [-0.39, 0.29) is 22.5 Å². The molecule has 8 nitrogen and oxygen atoms in total. The number of carbonyl (C=O) groups is 2. The van der Waals surface area contributed by atoms with E-state index in [4.69, 9.17) is 9.26 Å². The first-order valence-electron chi connectivity index (χ1n) is 8.25. The van der Waals surface area contributed by atoms with E-state index in [2.05, 4.69) is 10.6 Å². The summed E-state index contributed by atoms with van der Waals surface area (Å²) >= 11 is 1.02. The van der Waals surface area contributed by atoms with Crippen LogP contribution < -0.4 is 19.8 Å². The molecule has 1 N–H and O–H groups in total. The number of amides is 1. The van der Waals surface area contributed by atoms with Crippen molar-refractivity contribution in [3.63, 3.8) is 0 Å². The van der Waals surface area contributed by atoms with Crippen LogP contribution in [-0.4, -0.2) is 29.8 Å². The fraction of sp³-hybridized carbons (Fsp3) is 0.158. The lowest BCUT2D eigenvalue weighted by atomic mass is 10.1. The number of Topliss-reactive ketones (excluding diaryl/α,β-unsaturated/α-hetero) is 1. The maximum absolute atomic E-state index is 12.2. The molecule has 3 aromatic rings. The zero-order valence-electron chi connectivity index (χ0n) is 15.2. The number of hydrogen-bond donors (Lipinski definition) is 1. The van der Waals surface area contributed by atoms with Gasteiger partial charge in [0.1, 0.15) is 5.75 Å². The minimum atomic E-state index is -0.626. The van der Waals surface area contributed by atoms with Gasteiger partial charge in [-0.1, -0.05) is 0 Å². The maximum atomic E-state index is 12.2. The highest BCUT2D eigenvalue weighted by Gasteiger charge is 2.22. The Labute approximate surface area is 165 Å². The third-order valence-corrected chi connectivity index (χ3v) is 4.82. The van der Waals surface area contributed by atoms with E-state index in [9.17, 15) is 14.7 Å². The van der Waals surface area contributed by atoms with Gasteiger partial charge in [0.15, 0.2) is 11.7 Å². The molecule has 1 aromatic heterocycles. The first-order chi connectivity index (χ1) is 13.5. The van der Waals surface area contributed by atoms with Crippen LogP contribution in [0.3, 0.4) is 0 Å². The number of aromatic nitrogens is 2. The van der Waals surface area contributed by atoms with Crippen molar-refractivity contribution in [2.75, 3.05) is 18.2 Å². The van der Waals surface area contributed by atoms with Crippen LogP contribution in [0.2, 0.25) is 0 Å². The third kappa shape index (κ3) is 4.49. The average molecular weight is 399 g/mol. The molecule has 0 fully saturated rings. The third-order valence-electron chi connectivity index (χ3n) is 3.80. The lowest BCUT2D eigenvalue weighted by Gasteiger charge is -2.05. The molecule has 1 heterocycles. The van der Waals surface area contributed by atoms with Gasteiger partial charge in [0, 0.05) is 23.4 Å². The number of ketones is 1. The van der Waals surface area contributed by atoms with Gasteiger partial charge >= 0.3 is 0 Å². The fourth-order valence-electron chi connectivity index (χ4n) is 2.37.